The van der Waals surface area contributed by atoms with E-state index in [-0.39, 0.29) is 17.5 Å². The third kappa shape index (κ3) is 3.59. The summed E-state index contributed by atoms with van der Waals surface area (Å²) in [6, 6.07) is 6.32. The van der Waals surface area contributed by atoms with Gasteiger partial charge in [0.05, 0.1) is 5.56 Å². The van der Waals surface area contributed by atoms with E-state index < -0.39 is 5.97 Å². The summed E-state index contributed by atoms with van der Waals surface area (Å²) in [5.41, 5.74) is 0.721. The third-order valence-electron chi connectivity index (χ3n) is 4.09. The highest BCUT2D eigenvalue weighted by Crippen LogP contribution is 2.26. The first-order valence-electron chi connectivity index (χ1n) is 7.24. The first kappa shape index (κ1) is 14.6. The second kappa shape index (κ2) is 6.55. The first-order valence-corrected chi connectivity index (χ1v) is 7.24. The molecule has 1 aromatic carbocycles. The zero-order chi connectivity index (χ0) is 14.5. The van der Waals surface area contributed by atoms with Gasteiger partial charge in [0.2, 0.25) is 0 Å². The van der Waals surface area contributed by atoms with Crippen LogP contribution in [0.25, 0.3) is 0 Å². The molecule has 0 radical (unpaired) electrons. The van der Waals surface area contributed by atoms with Crippen LogP contribution in [0.2, 0.25) is 0 Å². The van der Waals surface area contributed by atoms with Crippen LogP contribution in [0.4, 0.5) is 0 Å². The van der Waals surface area contributed by atoms with Gasteiger partial charge in [-0.15, -0.1) is 0 Å². The van der Waals surface area contributed by atoms with Crippen LogP contribution >= 0.6 is 0 Å². The summed E-state index contributed by atoms with van der Waals surface area (Å²) >= 11 is 0. The number of amides is 1. The monoisotopic (exact) mass is 275 g/mol. The van der Waals surface area contributed by atoms with E-state index in [1.54, 1.807) is 12.1 Å². The molecule has 2 rings (SSSR count). The summed E-state index contributed by atoms with van der Waals surface area (Å²) in [4.78, 5) is 22.9. The summed E-state index contributed by atoms with van der Waals surface area (Å²) in [5.74, 6) is -0.373. The third-order valence-corrected chi connectivity index (χ3v) is 4.09. The van der Waals surface area contributed by atoms with E-state index in [9.17, 15) is 9.59 Å². The maximum absolute atomic E-state index is 12.1. The number of aromatic carboxylic acids is 1. The second-order valence-corrected chi connectivity index (χ2v) is 5.49. The lowest BCUT2D eigenvalue weighted by molar-refractivity contribution is 0.0696. The molecule has 108 valence electrons. The van der Waals surface area contributed by atoms with Crippen molar-refractivity contribution in [1.82, 2.24) is 5.32 Å². The SMILES string of the molecule is CCC1CCCC(NC(=O)c2ccc(C(=O)O)cc2)C1. The molecule has 0 aliphatic heterocycles. The molecule has 2 N–H and O–H groups in total. The Hall–Kier alpha value is -1.84. The van der Waals surface area contributed by atoms with Gasteiger partial charge in [-0.25, -0.2) is 4.79 Å². The Kier molecular flexibility index (Phi) is 4.77. The van der Waals surface area contributed by atoms with Gasteiger partial charge in [-0.05, 0) is 43.0 Å². The molecule has 1 aromatic rings. The number of carbonyl (C=O) groups excluding carboxylic acids is 1. The van der Waals surface area contributed by atoms with Crippen LogP contribution in [-0.4, -0.2) is 23.0 Å². The van der Waals surface area contributed by atoms with E-state index in [0.29, 0.717) is 11.5 Å². The molecule has 2 atom stereocenters. The summed E-state index contributed by atoms with van der Waals surface area (Å²) in [7, 11) is 0. The number of hydrogen-bond acceptors (Lipinski definition) is 2. The van der Waals surface area contributed by atoms with Crippen LogP contribution in [0.1, 0.15) is 59.7 Å². The number of hydrogen-bond donors (Lipinski definition) is 2. The minimum atomic E-state index is -0.977. The summed E-state index contributed by atoms with van der Waals surface area (Å²) in [5, 5.41) is 11.9. The van der Waals surface area contributed by atoms with Gasteiger partial charge >= 0.3 is 5.97 Å². The molecular formula is C16H21NO3. The summed E-state index contributed by atoms with van der Waals surface area (Å²) in [6.45, 7) is 2.19. The van der Waals surface area contributed by atoms with Crippen molar-refractivity contribution in [3.05, 3.63) is 35.4 Å². The molecule has 1 saturated carbocycles. The van der Waals surface area contributed by atoms with E-state index in [1.807, 2.05) is 0 Å². The summed E-state index contributed by atoms with van der Waals surface area (Å²) in [6.07, 6.45) is 5.68. The molecule has 20 heavy (non-hydrogen) atoms. The fraction of sp³-hybridized carbons (Fsp3) is 0.500. The first-order chi connectivity index (χ1) is 9.60. The van der Waals surface area contributed by atoms with Crippen molar-refractivity contribution in [3.8, 4) is 0 Å². The molecule has 0 spiro atoms. The Morgan fingerprint density at radius 3 is 2.45 bits per heavy atom. The van der Waals surface area contributed by atoms with Gasteiger partial charge in [0, 0.05) is 11.6 Å². The van der Waals surface area contributed by atoms with Gasteiger partial charge in [-0.2, -0.15) is 0 Å². The lowest BCUT2D eigenvalue weighted by Gasteiger charge is -2.29. The lowest BCUT2D eigenvalue weighted by Crippen LogP contribution is -2.38. The molecule has 4 heteroatoms. The Bertz CT molecular complexity index is 481. The second-order valence-electron chi connectivity index (χ2n) is 5.49. The molecular weight excluding hydrogens is 254 g/mol. The van der Waals surface area contributed by atoms with Crippen molar-refractivity contribution in [2.75, 3.05) is 0 Å². The van der Waals surface area contributed by atoms with Crippen molar-refractivity contribution in [2.24, 2.45) is 5.92 Å². The highest BCUT2D eigenvalue weighted by molar-refractivity contribution is 5.96. The standard InChI is InChI=1S/C16H21NO3/c1-2-11-4-3-5-14(10-11)17-15(18)12-6-8-13(9-7-12)16(19)20/h6-9,11,14H,2-5,10H2,1H3,(H,17,18)(H,19,20). The quantitative estimate of drug-likeness (QED) is 0.887. The fourth-order valence-electron chi connectivity index (χ4n) is 2.83. The molecule has 1 aliphatic rings. The van der Waals surface area contributed by atoms with Gasteiger partial charge in [0.25, 0.3) is 5.91 Å². The predicted molar refractivity (Wildman–Crippen MR) is 76.9 cm³/mol. The minimum absolute atomic E-state index is 0.108. The predicted octanol–water partition coefficient (Wildman–Crippen LogP) is 3.08. The maximum Gasteiger partial charge on any atom is 0.335 e. The maximum atomic E-state index is 12.1. The zero-order valence-corrected chi connectivity index (χ0v) is 11.8. The van der Waals surface area contributed by atoms with Gasteiger partial charge in [-0.3, -0.25) is 4.79 Å². The highest BCUT2D eigenvalue weighted by Gasteiger charge is 2.22. The van der Waals surface area contributed by atoms with Crippen molar-refractivity contribution in [3.63, 3.8) is 0 Å². The highest BCUT2D eigenvalue weighted by atomic mass is 16.4. The topological polar surface area (TPSA) is 66.4 Å². The Labute approximate surface area is 119 Å². The molecule has 2 unspecified atom stereocenters. The zero-order valence-electron chi connectivity index (χ0n) is 11.8. The molecule has 1 amide bonds. The number of carbonyl (C=O) groups is 2. The van der Waals surface area contributed by atoms with Crippen molar-refractivity contribution >= 4 is 11.9 Å². The van der Waals surface area contributed by atoms with E-state index in [1.165, 1.54) is 31.4 Å². The van der Waals surface area contributed by atoms with Crippen LogP contribution in [0.3, 0.4) is 0 Å². The van der Waals surface area contributed by atoms with Crippen molar-refractivity contribution in [2.45, 2.75) is 45.1 Å². The average molecular weight is 275 g/mol. The number of carboxylic acids is 1. The Balaban J connectivity index is 1.95. The molecule has 0 bridgehead atoms. The fourth-order valence-corrected chi connectivity index (χ4v) is 2.83. The smallest absolute Gasteiger partial charge is 0.335 e. The lowest BCUT2D eigenvalue weighted by atomic mass is 9.84. The van der Waals surface area contributed by atoms with Gasteiger partial charge < -0.3 is 10.4 Å². The summed E-state index contributed by atoms with van der Waals surface area (Å²) < 4.78 is 0. The van der Waals surface area contributed by atoms with Gasteiger partial charge in [0.1, 0.15) is 0 Å². The Morgan fingerprint density at radius 2 is 1.85 bits per heavy atom. The number of nitrogens with one attached hydrogen (secondary N) is 1. The molecule has 0 saturated heterocycles. The van der Waals surface area contributed by atoms with Crippen LogP contribution in [-0.2, 0) is 0 Å². The van der Waals surface area contributed by atoms with Crippen molar-refractivity contribution in [1.29, 1.82) is 0 Å². The number of carboxylic acid groups (broad SMARTS) is 1. The van der Waals surface area contributed by atoms with Crippen LogP contribution in [0.5, 0.6) is 0 Å². The number of rotatable bonds is 4. The normalized spacial score (nSPS) is 22.2. The van der Waals surface area contributed by atoms with E-state index >= 15 is 0 Å². The van der Waals surface area contributed by atoms with Crippen LogP contribution in [0.15, 0.2) is 24.3 Å². The molecule has 0 aromatic heterocycles. The Morgan fingerprint density at radius 1 is 1.20 bits per heavy atom. The average Bonchev–Trinajstić information content (AvgIpc) is 2.47. The molecule has 0 heterocycles. The van der Waals surface area contributed by atoms with Gasteiger partial charge in [-0.1, -0.05) is 26.2 Å². The van der Waals surface area contributed by atoms with Crippen LogP contribution in [0, 0.1) is 5.92 Å². The molecule has 1 fully saturated rings. The molecule has 4 nitrogen and oxygen atoms in total. The van der Waals surface area contributed by atoms with Crippen LogP contribution < -0.4 is 5.32 Å². The van der Waals surface area contributed by atoms with E-state index in [4.69, 9.17) is 5.11 Å². The van der Waals surface area contributed by atoms with E-state index in [2.05, 4.69) is 12.2 Å². The number of benzene rings is 1. The molecule has 1 aliphatic carbocycles. The largest absolute Gasteiger partial charge is 0.478 e. The van der Waals surface area contributed by atoms with Crippen molar-refractivity contribution < 1.29 is 14.7 Å². The van der Waals surface area contributed by atoms with E-state index in [0.717, 1.165) is 12.8 Å². The van der Waals surface area contributed by atoms with Gasteiger partial charge in [0.15, 0.2) is 0 Å². The minimum Gasteiger partial charge on any atom is -0.478 e.